The van der Waals surface area contributed by atoms with Gasteiger partial charge in [0, 0.05) is 29.5 Å². The van der Waals surface area contributed by atoms with Gasteiger partial charge in [-0.3, -0.25) is 9.36 Å². The van der Waals surface area contributed by atoms with Crippen molar-refractivity contribution in [2.75, 3.05) is 5.32 Å². The second-order valence-corrected chi connectivity index (χ2v) is 8.42. The lowest BCUT2D eigenvalue weighted by atomic mass is 10.2. The zero-order valence-corrected chi connectivity index (χ0v) is 19.9. The van der Waals surface area contributed by atoms with Crippen molar-refractivity contribution in [2.45, 2.75) is 20.0 Å². The molecule has 2 aromatic carbocycles. The van der Waals surface area contributed by atoms with Gasteiger partial charge >= 0.3 is 17.3 Å². The Bertz CT molecular complexity index is 1470. The molecule has 0 radical (unpaired) electrons. The molecule has 2 N–H and O–H groups in total. The Balaban J connectivity index is 1.66. The molecule has 0 unspecified atom stereocenters. The number of rotatable bonds is 9. The second-order valence-electron chi connectivity index (χ2n) is 7.98. The third-order valence-electron chi connectivity index (χ3n) is 5.25. The molecule has 0 bridgehead atoms. The predicted molar refractivity (Wildman–Crippen MR) is 134 cm³/mol. The average Bonchev–Trinajstić information content (AvgIpc) is 2.87. The Morgan fingerprint density at radius 2 is 1.78 bits per heavy atom. The first-order valence-electron chi connectivity index (χ1n) is 10.9. The maximum absolute atomic E-state index is 13.3. The van der Waals surface area contributed by atoms with Crippen molar-refractivity contribution in [3.8, 4) is 11.6 Å². The summed E-state index contributed by atoms with van der Waals surface area (Å²) in [5, 5.41) is 12.8. The van der Waals surface area contributed by atoms with E-state index in [4.69, 9.17) is 16.3 Å². The minimum absolute atomic E-state index is 0.0116. The molecule has 0 aliphatic carbocycles. The van der Waals surface area contributed by atoms with E-state index in [1.165, 1.54) is 11.5 Å². The molecule has 0 saturated carbocycles. The number of pyridine rings is 1. The van der Waals surface area contributed by atoms with E-state index in [-0.39, 0.29) is 19.0 Å². The fourth-order valence-electron chi connectivity index (χ4n) is 3.31. The van der Waals surface area contributed by atoms with Crippen LogP contribution in [0.2, 0.25) is 5.02 Å². The molecular formula is C25H22ClN5O5. The van der Waals surface area contributed by atoms with Crippen LogP contribution >= 0.6 is 11.6 Å². The van der Waals surface area contributed by atoms with E-state index < -0.39 is 23.3 Å². The Labute approximate surface area is 210 Å². The zero-order valence-electron chi connectivity index (χ0n) is 19.2. The number of hydrogen-bond acceptors (Lipinski definition) is 7. The van der Waals surface area contributed by atoms with Gasteiger partial charge < -0.3 is 15.2 Å². The van der Waals surface area contributed by atoms with Crippen LogP contribution in [0.15, 0.2) is 82.5 Å². The van der Waals surface area contributed by atoms with E-state index in [9.17, 15) is 19.5 Å². The number of halogens is 1. The number of benzene rings is 2. The number of carboxylic acids is 1. The van der Waals surface area contributed by atoms with E-state index in [1.807, 2.05) is 6.07 Å². The summed E-state index contributed by atoms with van der Waals surface area (Å²) in [5.41, 5.74) is -0.244. The Morgan fingerprint density at radius 1 is 1.06 bits per heavy atom. The van der Waals surface area contributed by atoms with Crippen molar-refractivity contribution >= 4 is 29.2 Å². The van der Waals surface area contributed by atoms with Crippen LogP contribution in [0.1, 0.15) is 12.5 Å². The minimum atomic E-state index is -1.12. The molecule has 1 atom stereocenters. The molecular weight excluding hydrogens is 486 g/mol. The number of anilines is 2. The largest absolute Gasteiger partial charge is 0.481 e. The van der Waals surface area contributed by atoms with Crippen molar-refractivity contribution in [3.05, 3.63) is 104 Å². The van der Waals surface area contributed by atoms with Gasteiger partial charge in [-0.05, 0) is 48.0 Å². The molecule has 2 aromatic heterocycles. The molecule has 11 heteroatoms. The molecule has 4 aromatic rings. The van der Waals surface area contributed by atoms with Gasteiger partial charge in [-0.1, -0.05) is 36.7 Å². The van der Waals surface area contributed by atoms with Gasteiger partial charge in [0.2, 0.25) is 11.8 Å². The van der Waals surface area contributed by atoms with Gasteiger partial charge in [0.1, 0.15) is 5.75 Å². The van der Waals surface area contributed by atoms with E-state index in [0.717, 1.165) is 10.1 Å². The molecule has 10 nitrogen and oxygen atoms in total. The predicted octanol–water partition coefficient (Wildman–Crippen LogP) is 3.76. The highest BCUT2D eigenvalue weighted by molar-refractivity contribution is 6.30. The number of nitrogens with one attached hydrogen (secondary N) is 1. The number of aliphatic carboxylic acids is 1. The molecule has 184 valence electrons. The summed E-state index contributed by atoms with van der Waals surface area (Å²) < 4.78 is 7.78. The quantitative estimate of drug-likeness (QED) is 0.350. The second kappa shape index (κ2) is 10.9. The number of hydrogen-bond donors (Lipinski definition) is 2. The smallest absolute Gasteiger partial charge is 0.354 e. The number of aromatic nitrogens is 4. The van der Waals surface area contributed by atoms with Crippen molar-refractivity contribution in [2.24, 2.45) is 5.92 Å². The highest BCUT2D eigenvalue weighted by atomic mass is 35.5. The van der Waals surface area contributed by atoms with E-state index in [0.29, 0.717) is 22.3 Å². The first-order chi connectivity index (χ1) is 17.3. The zero-order chi connectivity index (χ0) is 25.7. The van der Waals surface area contributed by atoms with Gasteiger partial charge in [0.05, 0.1) is 12.5 Å². The van der Waals surface area contributed by atoms with Gasteiger partial charge in [0.15, 0.2) is 0 Å². The van der Waals surface area contributed by atoms with Gasteiger partial charge in [-0.15, -0.1) is 0 Å². The van der Waals surface area contributed by atoms with Gasteiger partial charge in [-0.25, -0.2) is 19.1 Å². The molecule has 36 heavy (non-hydrogen) atoms. The van der Waals surface area contributed by atoms with Gasteiger partial charge in [-0.2, -0.15) is 4.98 Å². The van der Waals surface area contributed by atoms with Crippen LogP contribution in [0.3, 0.4) is 0 Å². The van der Waals surface area contributed by atoms with Crippen LogP contribution in [-0.2, 0) is 17.9 Å². The third kappa shape index (κ3) is 5.97. The lowest BCUT2D eigenvalue weighted by molar-refractivity contribution is -0.141. The average molecular weight is 508 g/mol. The summed E-state index contributed by atoms with van der Waals surface area (Å²) in [7, 11) is 0. The summed E-state index contributed by atoms with van der Waals surface area (Å²) in [6.07, 6.45) is 1.62. The summed E-state index contributed by atoms with van der Waals surface area (Å²) in [4.78, 5) is 45.4. The van der Waals surface area contributed by atoms with Crippen molar-refractivity contribution < 1.29 is 14.6 Å². The highest BCUT2D eigenvalue weighted by Crippen LogP contribution is 2.22. The van der Waals surface area contributed by atoms with Crippen LogP contribution in [-0.4, -0.2) is 30.2 Å². The van der Waals surface area contributed by atoms with Crippen LogP contribution in [0, 0.1) is 5.92 Å². The SMILES string of the molecule is C[C@@H](Cn1c(=O)nc(Nc2ccc(Oc3ccccn3)cc2)n(Cc2ccc(Cl)cc2)c1=O)C(=O)O. The molecule has 0 saturated heterocycles. The normalized spacial score (nSPS) is 11.6. The fourth-order valence-corrected chi connectivity index (χ4v) is 3.44. The van der Waals surface area contributed by atoms with Crippen LogP contribution in [0.5, 0.6) is 11.6 Å². The molecule has 0 fully saturated rings. The van der Waals surface area contributed by atoms with E-state index >= 15 is 0 Å². The molecule has 4 rings (SSSR count). The van der Waals surface area contributed by atoms with Crippen molar-refractivity contribution in [3.63, 3.8) is 0 Å². The standard InChI is InChI=1S/C25H22ClN5O5/c1-16(22(32)33)14-31-24(34)29-23(30(25(31)35)15-17-5-7-18(26)8-6-17)28-19-9-11-20(12-10-19)36-21-4-2-3-13-27-21/h2-13,16H,14-15H2,1H3,(H,32,33)(H,28,29,34)/t16-/m0/s1. The molecule has 0 amide bonds. The van der Waals surface area contributed by atoms with Crippen LogP contribution < -0.4 is 21.4 Å². The number of nitrogens with zero attached hydrogens (tertiary/aromatic N) is 4. The molecule has 0 spiro atoms. The van der Waals surface area contributed by atoms with Crippen LogP contribution in [0.25, 0.3) is 0 Å². The Hall–Kier alpha value is -4.44. The maximum Gasteiger partial charge on any atom is 0.354 e. The van der Waals surface area contributed by atoms with Crippen molar-refractivity contribution in [1.29, 1.82) is 0 Å². The summed E-state index contributed by atoms with van der Waals surface area (Å²) in [6.45, 7) is 1.19. The highest BCUT2D eigenvalue weighted by Gasteiger charge is 2.19. The molecule has 0 aliphatic rings. The van der Waals surface area contributed by atoms with E-state index in [1.54, 1.807) is 66.9 Å². The first-order valence-corrected chi connectivity index (χ1v) is 11.3. The third-order valence-corrected chi connectivity index (χ3v) is 5.50. The minimum Gasteiger partial charge on any atom is -0.481 e. The summed E-state index contributed by atoms with van der Waals surface area (Å²) in [5.74, 6) is -1.08. The summed E-state index contributed by atoms with van der Waals surface area (Å²) in [6, 6.07) is 19.0. The summed E-state index contributed by atoms with van der Waals surface area (Å²) >= 11 is 5.97. The van der Waals surface area contributed by atoms with E-state index in [2.05, 4.69) is 15.3 Å². The topological polar surface area (TPSA) is 128 Å². The number of carbonyl (C=O) groups is 1. The lowest BCUT2D eigenvalue weighted by Crippen LogP contribution is -2.44. The fraction of sp³-hybridized carbons (Fsp3) is 0.160. The Morgan fingerprint density at radius 3 is 2.42 bits per heavy atom. The number of ether oxygens (including phenoxy) is 1. The first kappa shape index (κ1) is 24.7. The monoisotopic (exact) mass is 507 g/mol. The Kier molecular flexibility index (Phi) is 7.45. The van der Waals surface area contributed by atoms with Crippen LogP contribution in [0.4, 0.5) is 11.6 Å². The molecule has 2 heterocycles. The number of carboxylic acid groups (broad SMARTS) is 1. The lowest BCUT2D eigenvalue weighted by Gasteiger charge is -2.17. The van der Waals surface area contributed by atoms with Crippen molar-refractivity contribution in [1.82, 2.24) is 19.1 Å². The van der Waals surface area contributed by atoms with Gasteiger partial charge in [0.25, 0.3) is 0 Å². The maximum atomic E-state index is 13.3. The molecule has 0 aliphatic heterocycles.